The van der Waals surface area contributed by atoms with E-state index in [1.807, 2.05) is 0 Å². The Morgan fingerprint density at radius 1 is 0.426 bits per heavy atom. The third kappa shape index (κ3) is 3.56. The van der Waals surface area contributed by atoms with Gasteiger partial charge in [-0.3, -0.25) is 0 Å². The highest BCUT2D eigenvalue weighted by atomic mass is 15.1. The van der Waals surface area contributed by atoms with Crippen LogP contribution in [-0.2, 0) is 10.8 Å². The largest absolute Gasteiger partial charge is 0.310 e. The normalized spacial score (nSPS) is 16.6. The highest BCUT2D eigenvalue weighted by Gasteiger charge is 2.52. The van der Waals surface area contributed by atoms with E-state index in [1.165, 1.54) is 88.8 Å². The highest BCUT2D eigenvalue weighted by molar-refractivity contribution is 6.13. The first-order valence-electron chi connectivity index (χ1n) is 19.0. The van der Waals surface area contributed by atoms with Crippen molar-refractivity contribution in [3.63, 3.8) is 0 Å². The van der Waals surface area contributed by atoms with Crippen molar-refractivity contribution in [1.29, 1.82) is 0 Å². The average Bonchev–Trinajstić information content (AvgIpc) is 3.80. The smallest absolute Gasteiger partial charge is 0.0775 e. The Kier molecular flexibility index (Phi) is 5.81. The molecule has 0 saturated carbocycles. The predicted octanol–water partition coefficient (Wildman–Crippen LogP) is 13.2. The van der Waals surface area contributed by atoms with Gasteiger partial charge >= 0.3 is 0 Å². The zero-order valence-corrected chi connectivity index (χ0v) is 30.2. The minimum atomic E-state index is -0.567. The number of anilines is 3. The summed E-state index contributed by atoms with van der Waals surface area (Å²) in [6, 6.07) is 68.2. The molecule has 0 bridgehead atoms. The van der Waals surface area contributed by atoms with E-state index < -0.39 is 5.41 Å². The van der Waals surface area contributed by atoms with Gasteiger partial charge in [-0.2, -0.15) is 0 Å². The summed E-state index contributed by atoms with van der Waals surface area (Å²) in [5.41, 5.74) is 19.9. The van der Waals surface area contributed by atoms with E-state index in [0.29, 0.717) is 0 Å². The summed E-state index contributed by atoms with van der Waals surface area (Å²) in [5.74, 6) is 0. The van der Waals surface area contributed by atoms with Gasteiger partial charge in [0.05, 0.1) is 27.8 Å². The number of benzene rings is 8. The lowest BCUT2D eigenvalue weighted by molar-refractivity contribution is 0.660. The van der Waals surface area contributed by atoms with Crippen LogP contribution in [0.3, 0.4) is 0 Å². The summed E-state index contributed by atoms with van der Waals surface area (Å²) in [6.07, 6.45) is 0. The van der Waals surface area contributed by atoms with Gasteiger partial charge in [-0.1, -0.05) is 153 Å². The van der Waals surface area contributed by atoms with Crippen LogP contribution in [0.4, 0.5) is 17.1 Å². The molecule has 0 saturated heterocycles. The van der Waals surface area contributed by atoms with Gasteiger partial charge in [-0.25, -0.2) is 0 Å². The Labute approximate surface area is 315 Å². The Balaban J connectivity index is 1.22. The second-order valence-electron chi connectivity index (χ2n) is 15.6. The van der Waals surface area contributed by atoms with Crippen molar-refractivity contribution in [2.45, 2.75) is 24.7 Å². The fraction of sp³-hybridized carbons (Fsp3) is 0.0769. The third-order valence-corrected chi connectivity index (χ3v) is 12.8. The molecule has 0 amide bonds. The van der Waals surface area contributed by atoms with E-state index in [-0.39, 0.29) is 5.41 Å². The lowest BCUT2D eigenvalue weighted by Gasteiger charge is -2.41. The van der Waals surface area contributed by atoms with Crippen LogP contribution in [0.2, 0.25) is 0 Å². The van der Waals surface area contributed by atoms with Gasteiger partial charge < -0.3 is 9.47 Å². The Morgan fingerprint density at radius 3 is 1.89 bits per heavy atom. The van der Waals surface area contributed by atoms with Crippen molar-refractivity contribution < 1.29 is 0 Å². The summed E-state index contributed by atoms with van der Waals surface area (Å²) >= 11 is 0. The monoisotopic (exact) mass is 688 g/mol. The van der Waals surface area contributed by atoms with Gasteiger partial charge in [-0.15, -0.1) is 0 Å². The van der Waals surface area contributed by atoms with Crippen LogP contribution < -0.4 is 4.90 Å². The molecule has 2 heteroatoms. The van der Waals surface area contributed by atoms with Gasteiger partial charge in [-0.05, 0) is 92.5 Å². The number of hydrogen-bond acceptors (Lipinski definition) is 1. The molecule has 2 nitrogen and oxygen atoms in total. The van der Waals surface area contributed by atoms with Crippen molar-refractivity contribution >= 4 is 38.9 Å². The van der Waals surface area contributed by atoms with Crippen molar-refractivity contribution in [2.24, 2.45) is 0 Å². The lowest BCUT2D eigenvalue weighted by atomic mass is 9.65. The highest BCUT2D eigenvalue weighted by Crippen LogP contribution is 2.64. The number of aromatic nitrogens is 1. The molecule has 1 unspecified atom stereocenters. The van der Waals surface area contributed by atoms with Crippen LogP contribution in [-0.4, -0.2) is 4.57 Å². The minimum absolute atomic E-state index is 0.119. The van der Waals surface area contributed by atoms with E-state index in [0.717, 1.165) is 11.4 Å². The van der Waals surface area contributed by atoms with Crippen LogP contribution in [0.5, 0.6) is 0 Å². The second-order valence-corrected chi connectivity index (χ2v) is 15.6. The van der Waals surface area contributed by atoms with Gasteiger partial charge in [0, 0.05) is 33.1 Å². The zero-order valence-electron chi connectivity index (χ0n) is 30.2. The maximum Gasteiger partial charge on any atom is 0.0775 e. The molecule has 1 aromatic heterocycles. The molecular formula is C52H36N2. The SMILES string of the molecule is CC1(C)c2ccccc2-c2ccc(N(c3ccccc3)c3cccc4c3C3(c5ccccc5-4)c4ccccc4-n4c5ccccc5c5cccc3c54)cc21. The number of hydrogen-bond donors (Lipinski definition) is 0. The molecule has 9 aromatic rings. The Morgan fingerprint density at radius 2 is 1.04 bits per heavy atom. The fourth-order valence-corrected chi connectivity index (χ4v) is 10.6. The van der Waals surface area contributed by atoms with E-state index in [1.54, 1.807) is 0 Å². The molecule has 54 heavy (non-hydrogen) atoms. The molecule has 0 fully saturated rings. The Bertz CT molecular complexity index is 3040. The summed E-state index contributed by atoms with van der Waals surface area (Å²) in [6.45, 7) is 4.75. The van der Waals surface area contributed by atoms with Crippen molar-refractivity contribution in [3.05, 3.63) is 215 Å². The average molecular weight is 689 g/mol. The molecule has 1 aliphatic heterocycles. The van der Waals surface area contributed by atoms with Crippen LogP contribution in [0.1, 0.15) is 47.2 Å². The number of fused-ring (bicyclic) bond motifs is 15. The van der Waals surface area contributed by atoms with Crippen molar-refractivity contribution in [1.82, 2.24) is 4.57 Å². The summed E-state index contributed by atoms with van der Waals surface area (Å²) in [7, 11) is 0. The molecule has 254 valence electrons. The molecule has 8 aromatic carbocycles. The first kappa shape index (κ1) is 29.9. The standard InChI is InChI=1S/C52H36N2/c1-51(2)41-23-9-6-18-35(41)37-31-30-34(32-45(37)51)53(33-16-4-3-5-17-33)48-29-15-21-39-36-19-7-10-24-42(36)52(49(39)48)43-25-11-13-28-47(43)54-46-27-12-8-20-38(46)40-22-14-26-44(52)50(40)54/h3-32H,1-2H3. The van der Waals surface area contributed by atoms with Gasteiger partial charge in [0.1, 0.15) is 0 Å². The summed E-state index contributed by atoms with van der Waals surface area (Å²) < 4.78 is 2.53. The first-order valence-corrected chi connectivity index (χ1v) is 19.0. The molecule has 0 N–H and O–H groups in total. The van der Waals surface area contributed by atoms with Crippen molar-refractivity contribution in [3.8, 4) is 27.9 Å². The van der Waals surface area contributed by atoms with Gasteiger partial charge in [0.25, 0.3) is 0 Å². The Hall–Kier alpha value is -6.64. The van der Waals surface area contributed by atoms with E-state index in [4.69, 9.17) is 0 Å². The molecule has 1 spiro atoms. The second kappa shape index (κ2) is 10.5. The van der Waals surface area contributed by atoms with Gasteiger partial charge in [0.15, 0.2) is 0 Å². The zero-order chi connectivity index (χ0) is 35.8. The maximum absolute atomic E-state index is 2.53. The summed E-state index contributed by atoms with van der Waals surface area (Å²) in [5, 5.41) is 2.58. The first-order chi connectivity index (χ1) is 26.6. The van der Waals surface area contributed by atoms with E-state index >= 15 is 0 Å². The number of para-hydroxylation sites is 4. The maximum atomic E-state index is 2.53. The molecule has 1 atom stereocenters. The van der Waals surface area contributed by atoms with Crippen molar-refractivity contribution in [2.75, 3.05) is 4.90 Å². The van der Waals surface area contributed by atoms with Crippen LogP contribution in [0.15, 0.2) is 182 Å². The van der Waals surface area contributed by atoms with Crippen LogP contribution >= 0.6 is 0 Å². The fourth-order valence-electron chi connectivity index (χ4n) is 10.6. The van der Waals surface area contributed by atoms with Crippen LogP contribution in [0.25, 0.3) is 49.7 Å². The summed E-state index contributed by atoms with van der Waals surface area (Å²) in [4.78, 5) is 2.53. The molecule has 2 heterocycles. The molecule has 0 radical (unpaired) electrons. The van der Waals surface area contributed by atoms with Crippen LogP contribution in [0, 0.1) is 0 Å². The van der Waals surface area contributed by atoms with E-state index in [2.05, 4.69) is 205 Å². The number of nitrogens with zero attached hydrogens (tertiary/aromatic N) is 2. The lowest BCUT2D eigenvalue weighted by Crippen LogP contribution is -2.34. The predicted molar refractivity (Wildman–Crippen MR) is 224 cm³/mol. The number of rotatable bonds is 3. The topological polar surface area (TPSA) is 8.17 Å². The molecule has 3 aliphatic rings. The van der Waals surface area contributed by atoms with Gasteiger partial charge in [0.2, 0.25) is 0 Å². The minimum Gasteiger partial charge on any atom is -0.310 e. The molecular weight excluding hydrogens is 653 g/mol. The third-order valence-electron chi connectivity index (χ3n) is 12.8. The van der Waals surface area contributed by atoms with E-state index in [9.17, 15) is 0 Å². The molecule has 12 rings (SSSR count). The molecule has 2 aliphatic carbocycles. The quantitative estimate of drug-likeness (QED) is 0.179.